The van der Waals surface area contributed by atoms with Gasteiger partial charge in [0.1, 0.15) is 5.70 Å². The summed E-state index contributed by atoms with van der Waals surface area (Å²) in [7, 11) is -4.29. The van der Waals surface area contributed by atoms with Crippen molar-refractivity contribution in [3.63, 3.8) is 0 Å². The maximum atomic E-state index is 16.0. The van der Waals surface area contributed by atoms with Gasteiger partial charge in [-0.3, -0.25) is 9.54 Å². The van der Waals surface area contributed by atoms with Crippen molar-refractivity contribution in [1.29, 1.82) is 0 Å². The molecule has 3 rings (SSSR count). The zero-order chi connectivity index (χ0) is 36.8. The van der Waals surface area contributed by atoms with E-state index in [0.29, 0.717) is 13.8 Å². The van der Waals surface area contributed by atoms with Crippen LogP contribution in [0.1, 0.15) is 13.8 Å². The summed E-state index contributed by atoms with van der Waals surface area (Å²) in [4.78, 5) is 12.3. The van der Waals surface area contributed by atoms with Gasteiger partial charge < -0.3 is 0 Å². The average molecular weight is 727 g/mol. The number of nitrogens with zero attached hydrogens (tertiary/aromatic N) is 1. The molecule has 0 atom stereocenters. The zero-order valence-corrected chi connectivity index (χ0v) is 25.0. The summed E-state index contributed by atoms with van der Waals surface area (Å²) in [6, 6.07) is 19.5. The maximum Gasteiger partial charge on any atom is 0.460 e. The third kappa shape index (κ3) is 5.81. The van der Waals surface area contributed by atoms with Crippen molar-refractivity contribution in [2.24, 2.45) is 4.74 Å². The van der Waals surface area contributed by atoms with E-state index in [1.54, 1.807) is 0 Å². The van der Waals surface area contributed by atoms with Crippen LogP contribution in [0.4, 0.5) is 65.9 Å². The Hall–Kier alpha value is -3.75. The van der Waals surface area contributed by atoms with E-state index in [4.69, 9.17) is 0 Å². The highest BCUT2D eigenvalue weighted by Gasteiger charge is 2.93. The highest BCUT2D eigenvalue weighted by atomic mass is 31.2. The minimum atomic E-state index is -8.49. The number of hydrogen-bond donors (Lipinski definition) is 0. The van der Waals surface area contributed by atoms with Crippen LogP contribution in [0, 0.1) is 0 Å². The lowest BCUT2D eigenvalue weighted by molar-refractivity contribution is -0.450. The topological polar surface area (TPSA) is 29.4 Å². The van der Waals surface area contributed by atoms with E-state index in [1.807, 2.05) is 0 Å². The average Bonchev–Trinajstić information content (AvgIpc) is 3.01. The Morgan fingerprint density at radius 1 is 0.479 bits per heavy atom. The van der Waals surface area contributed by atoms with Crippen LogP contribution in [-0.4, -0.2) is 47.5 Å². The summed E-state index contributed by atoms with van der Waals surface area (Å²) in [5.74, 6) is -49.8. The molecule has 0 heterocycles. The fraction of sp³-hybridized carbons (Fsp3) is 0.300. The minimum Gasteiger partial charge on any atom is -0.295 e. The smallest absolute Gasteiger partial charge is 0.295 e. The molecular weight excluding hydrogens is 706 g/mol. The molecule has 0 N–H and O–H groups in total. The zero-order valence-electron chi connectivity index (χ0n) is 24.1. The summed E-state index contributed by atoms with van der Waals surface area (Å²) in [5, 5.41) is -0.239. The molecule has 0 bridgehead atoms. The van der Waals surface area contributed by atoms with Crippen molar-refractivity contribution >= 4 is 28.8 Å². The largest absolute Gasteiger partial charge is 0.460 e. The molecule has 18 heteroatoms. The van der Waals surface area contributed by atoms with Crippen LogP contribution in [0.25, 0.3) is 0 Å². The van der Waals surface area contributed by atoms with E-state index in [9.17, 15) is 53.1 Å². The molecule has 0 spiro atoms. The number of allylic oxidation sites excluding steroid dienone is 2. The number of rotatable bonds is 11. The molecule has 3 aromatic rings. The molecule has 0 radical (unpaired) electrons. The van der Waals surface area contributed by atoms with Crippen LogP contribution >= 0.6 is 7.05 Å². The summed E-state index contributed by atoms with van der Waals surface area (Å²) >= 11 is 0. The number of ketones is 1. The predicted molar refractivity (Wildman–Crippen MR) is 147 cm³/mol. The number of benzene rings is 3. The van der Waals surface area contributed by atoms with Crippen LogP contribution in [0.2, 0.25) is 0 Å². The van der Waals surface area contributed by atoms with Crippen LogP contribution in [0.3, 0.4) is 0 Å². The van der Waals surface area contributed by atoms with E-state index >= 15 is 17.6 Å². The third-order valence-corrected chi connectivity index (χ3v) is 10.8. The molecule has 0 fully saturated rings. The monoisotopic (exact) mass is 727 g/mol. The molecule has 48 heavy (non-hydrogen) atoms. The van der Waals surface area contributed by atoms with Gasteiger partial charge in [0.15, 0.2) is 5.78 Å². The Morgan fingerprint density at radius 3 is 1.06 bits per heavy atom. The molecule has 0 aliphatic carbocycles. The third-order valence-electron chi connectivity index (χ3n) is 7.15. The lowest BCUT2D eigenvalue weighted by Crippen LogP contribution is -2.72. The first-order valence-electron chi connectivity index (χ1n) is 13.1. The van der Waals surface area contributed by atoms with Gasteiger partial charge in [0, 0.05) is 21.5 Å². The number of Topliss-reactive ketones (excluding diaryl/α,β-unsaturated/α-hetero) is 1. The number of carbonyl (C=O) groups excluding carboxylic acids is 1. The summed E-state index contributed by atoms with van der Waals surface area (Å²) in [6.45, 7) is 0.779. The SMILES string of the molecule is CC(=O)/C(C)=C(\N=P(c1ccccc1)(c1ccccc1)c1ccccc1)C(F)(F)C(F)(F)C(F)(F)C(F)(F)C(F)(F)C(F)(F)C(F)(F)F. The molecule has 0 saturated heterocycles. The van der Waals surface area contributed by atoms with Crippen molar-refractivity contribution in [3.05, 3.63) is 102 Å². The van der Waals surface area contributed by atoms with Crippen molar-refractivity contribution in [2.75, 3.05) is 0 Å². The van der Waals surface area contributed by atoms with Gasteiger partial charge in [0.05, 0.1) is 7.05 Å². The molecule has 262 valence electrons. The molecule has 0 unspecified atom stereocenters. The number of halogens is 15. The molecular formula is C30H21F15NOP. The minimum absolute atomic E-state index is 0.0798. The highest BCUT2D eigenvalue weighted by Crippen LogP contribution is 2.64. The van der Waals surface area contributed by atoms with Gasteiger partial charge in [-0.05, 0) is 13.8 Å². The van der Waals surface area contributed by atoms with Gasteiger partial charge >= 0.3 is 41.7 Å². The quantitative estimate of drug-likeness (QED) is 0.110. The molecule has 0 aromatic heterocycles. The second kappa shape index (κ2) is 12.6. The first-order valence-corrected chi connectivity index (χ1v) is 14.9. The lowest BCUT2D eigenvalue weighted by Gasteiger charge is -2.42. The Morgan fingerprint density at radius 2 is 0.771 bits per heavy atom. The van der Waals surface area contributed by atoms with Crippen LogP contribution in [0.15, 0.2) is 107 Å². The summed E-state index contributed by atoms with van der Waals surface area (Å²) < 4.78 is 217. The Kier molecular flexibility index (Phi) is 10.2. The first-order chi connectivity index (χ1) is 21.8. The van der Waals surface area contributed by atoms with E-state index in [1.165, 1.54) is 91.0 Å². The second-order valence-electron chi connectivity index (χ2n) is 10.2. The number of alkyl halides is 15. The number of hydrogen-bond acceptors (Lipinski definition) is 2. The molecule has 3 aromatic carbocycles. The van der Waals surface area contributed by atoms with Gasteiger partial charge in [-0.1, -0.05) is 91.0 Å². The van der Waals surface area contributed by atoms with E-state index < -0.39 is 65.8 Å². The van der Waals surface area contributed by atoms with Crippen molar-refractivity contribution in [2.45, 2.75) is 55.6 Å². The van der Waals surface area contributed by atoms with Crippen molar-refractivity contribution < 1.29 is 70.7 Å². The van der Waals surface area contributed by atoms with Crippen LogP contribution in [0.5, 0.6) is 0 Å². The van der Waals surface area contributed by atoms with Gasteiger partial charge in [-0.25, -0.2) is 0 Å². The Labute approximate surface area is 262 Å². The predicted octanol–water partition coefficient (Wildman–Crippen LogP) is 9.40. The summed E-state index contributed by atoms with van der Waals surface area (Å²) in [6.07, 6.45) is -7.73. The highest BCUT2D eigenvalue weighted by molar-refractivity contribution is 7.87. The van der Waals surface area contributed by atoms with Crippen molar-refractivity contribution in [1.82, 2.24) is 0 Å². The Bertz CT molecular complexity index is 1600. The Balaban J connectivity index is 2.54. The normalized spacial score (nSPS) is 14.8. The van der Waals surface area contributed by atoms with E-state index in [-0.39, 0.29) is 15.9 Å². The molecule has 2 nitrogen and oxygen atoms in total. The van der Waals surface area contributed by atoms with Crippen molar-refractivity contribution in [3.8, 4) is 0 Å². The number of carbonyl (C=O) groups is 1. The fourth-order valence-electron chi connectivity index (χ4n) is 4.36. The van der Waals surface area contributed by atoms with Gasteiger partial charge in [0.2, 0.25) is 0 Å². The maximum absolute atomic E-state index is 16.0. The first kappa shape index (κ1) is 38.7. The molecule has 0 amide bonds. The summed E-state index contributed by atoms with van der Waals surface area (Å²) in [5.41, 5.74) is -4.23. The van der Waals surface area contributed by atoms with E-state index in [2.05, 4.69) is 4.74 Å². The van der Waals surface area contributed by atoms with Gasteiger partial charge in [-0.15, -0.1) is 0 Å². The van der Waals surface area contributed by atoms with Crippen LogP contribution in [-0.2, 0) is 4.79 Å². The van der Waals surface area contributed by atoms with Gasteiger partial charge in [0.25, 0.3) is 0 Å². The van der Waals surface area contributed by atoms with Crippen LogP contribution < -0.4 is 15.9 Å². The molecule has 0 saturated carbocycles. The fourth-order valence-corrected chi connectivity index (χ4v) is 7.98. The lowest BCUT2D eigenvalue weighted by atomic mass is 9.89. The molecule has 0 aliphatic rings. The van der Waals surface area contributed by atoms with E-state index in [0.717, 1.165) is 0 Å². The standard InChI is InChI=1S/C30H21F15NOP/c1-18(19(2)47)23(24(31,32)25(33,34)26(35,36)27(37,38)28(39,40)29(41,42)30(43,44)45)46-48(20-12-6-3-7-13-20,21-14-8-4-9-15-21)22-16-10-5-11-17-22/h3-17H,1-2H3/b23-18-. The second-order valence-corrected chi connectivity index (χ2v) is 13.2. The van der Waals surface area contributed by atoms with Gasteiger partial charge in [-0.2, -0.15) is 65.9 Å². The molecule has 0 aliphatic heterocycles.